The molecule has 0 spiro atoms. The summed E-state index contributed by atoms with van der Waals surface area (Å²) in [6, 6.07) is 8.53. The minimum Gasteiger partial charge on any atom is -0.322 e. The van der Waals surface area contributed by atoms with Gasteiger partial charge in [-0.05, 0) is 52.3 Å². The zero-order valence-corrected chi connectivity index (χ0v) is 12.5. The number of anilines is 1. The highest BCUT2D eigenvalue weighted by molar-refractivity contribution is 9.10. The van der Waals surface area contributed by atoms with Crippen molar-refractivity contribution in [2.75, 3.05) is 5.32 Å². The molecule has 1 N–H and O–H groups in total. The Morgan fingerprint density at radius 3 is 2.32 bits per heavy atom. The third-order valence-corrected chi connectivity index (χ3v) is 3.39. The molecule has 0 aliphatic heterocycles. The van der Waals surface area contributed by atoms with Crippen LogP contribution in [0.25, 0.3) is 0 Å². The summed E-state index contributed by atoms with van der Waals surface area (Å²) in [5.41, 5.74) is 0.788. The lowest BCUT2D eigenvalue weighted by molar-refractivity contribution is 0.102. The van der Waals surface area contributed by atoms with Gasteiger partial charge in [0.25, 0.3) is 5.91 Å². The minimum atomic E-state index is -0.422. The number of hydrogen-bond acceptors (Lipinski definition) is 1. The van der Waals surface area contributed by atoms with Gasteiger partial charge in [-0.2, -0.15) is 0 Å². The van der Waals surface area contributed by atoms with Crippen LogP contribution in [0.4, 0.5) is 10.1 Å². The van der Waals surface area contributed by atoms with Crippen LogP contribution in [-0.4, -0.2) is 5.91 Å². The molecule has 19 heavy (non-hydrogen) atoms. The standard InChI is InChI=1S/C13H7BrCl2FNO/c14-12-6-9(17)1-2-11(12)13(19)18-10-4-7(15)3-8(16)5-10/h1-6H,(H,18,19). The molecule has 6 heteroatoms. The quantitative estimate of drug-likeness (QED) is 0.786. The lowest BCUT2D eigenvalue weighted by Crippen LogP contribution is -2.12. The van der Waals surface area contributed by atoms with E-state index in [0.29, 0.717) is 25.8 Å². The van der Waals surface area contributed by atoms with Crippen LogP contribution in [0.15, 0.2) is 40.9 Å². The average Bonchev–Trinajstić information content (AvgIpc) is 2.26. The van der Waals surface area contributed by atoms with E-state index in [1.54, 1.807) is 18.2 Å². The van der Waals surface area contributed by atoms with Crippen molar-refractivity contribution in [1.82, 2.24) is 0 Å². The molecule has 0 aliphatic rings. The van der Waals surface area contributed by atoms with Crippen molar-refractivity contribution < 1.29 is 9.18 Å². The van der Waals surface area contributed by atoms with E-state index in [9.17, 15) is 9.18 Å². The first kappa shape index (κ1) is 14.3. The normalized spacial score (nSPS) is 10.3. The van der Waals surface area contributed by atoms with Gasteiger partial charge in [0.15, 0.2) is 0 Å². The van der Waals surface area contributed by atoms with Gasteiger partial charge in [0.05, 0.1) is 5.56 Å². The molecule has 2 rings (SSSR count). The molecule has 0 heterocycles. The molecule has 0 aliphatic carbocycles. The summed E-state index contributed by atoms with van der Waals surface area (Å²) in [6.45, 7) is 0. The Morgan fingerprint density at radius 1 is 1.11 bits per heavy atom. The van der Waals surface area contributed by atoms with Crippen molar-refractivity contribution >= 4 is 50.7 Å². The van der Waals surface area contributed by atoms with E-state index in [0.717, 1.165) is 0 Å². The molecule has 0 unspecified atom stereocenters. The fourth-order valence-corrected chi connectivity index (χ4v) is 2.56. The van der Waals surface area contributed by atoms with Crippen molar-refractivity contribution in [2.24, 2.45) is 0 Å². The number of amides is 1. The Kier molecular flexibility index (Phi) is 4.45. The highest BCUT2D eigenvalue weighted by atomic mass is 79.9. The van der Waals surface area contributed by atoms with E-state index in [1.165, 1.54) is 18.2 Å². The number of rotatable bonds is 2. The SMILES string of the molecule is O=C(Nc1cc(Cl)cc(Cl)c1)c1ccc(F)cc1Br. The maximum absolute atomic E-state index is 12.9. The molecule has 0 fully saturated rings. The maximum atomic E-state index is 12.9. The molecule has 0 atom stereocenters. The van der Waals surface area contributed by atoms with Crippen molar-refractivity contribution in [1.29, 1.82) is 0 Å². The lowest BCUT2D eigenvalue weighted by atomic mass is 10.2. The van der Waals surface area contributed by atoms with Crippen LogP contribution in [-0.2, 0) is 0 Å². The topological polar surface area (TPSA) is 29.1 Å². The monoisotopic (exact) mass is 361 g/mol. The molecule has 2 aromatic rings. The number of carbonyl (C=O) groups is 1. The van der Waals surface area contributed by atoms with Crippen LogP contribution in [0.3, 0.4) is 0 Å². The van der Waals surface area contributed by atoms with Crippen LogP contribution >= 0.6 is 39.1 Å². The summed E-state index contributed by atoms with van der Waals surface area (Å²) in [7, 11) is 0. The minimum absolute atomic E-state index is 0.317. The van der Waals surface area contributed by atoms with Gasteiger partial charge in [-0.3, -0.25) is 4.79 Å². The summed E-state index contributed by atoms with van der Waals surface area (Å²) < 4.78 is 13.3. The van der Waals surface area contributed by atoms with E-state index in [1.807, 2.05) is 0 Å². The molecule has 0 aromatic heterocycles. The molecule has 1 amide bonds. The summed E-state index contributed by atoms with van der Waals surface area (Å²) in [5, 5.41) is 3.48. The molecule has 2 nitrogen and oxygen atoms in total. The van der Waals surface area contributed by atoms with Crippen molar-refractivity contribution in [2.45, 2.75) is 0 Å². The molecular weight excluding hydrogens is 356 g/mol. The van der Waals surface area contributed by atoms with E-state index in [4.69, 9.17) is 23.2 Å². The molecular formula is C13H7BrCl2FNO. The van der Waals surface area contributed by atoms with Crippen molar-refractivity contribution in [3.8, 4) is 0 Å². The van der Waals surface area contributed by atoms with Gasteiger partial charge in [0.2, 0.25) is 0 Å². The Morgan fingerprint density at radius 2 is 1.74 bits per heavy atom. The Labute approximate surface area is 127 Å². The van der Waals surface area contributed by atoms with Crippen LogP contribution < -0.4 is 5.32 Å². The van der Waals surface area contributed by atoms with Crippen molar-refractivity contribution in [3.05, 3.63) is 62.3 Å². The fourth-order valence-electron chi connectivity index (χ4n) is 1.50. The summed E-state index contributed by atoms with van der Waals surface area (Å²) in [4.78, 5) is 12.0. The first-order valence-corrected chi connectivity index (χ1v) is 6.73. The Bertz CT molecular complexity index is 628. The zero-order valence-electron chi connectivity index (χ0n) is 9.38. The summed E-state index contributed by atoms with van der Waals surface area (Å²) in [5.74, 6) is -0.806. The average molecular weight is 363 g/mol. The van der Waals surface area contributed by atoms with Gasteiger partial charge < -0.3 is 5.32 Å². The van der Waals surface area contributed by atoms with E-state index in [2.05, 4.69) is 21.2 Å². The van der Waals surface area contributed by atoms with Gasteiger partial charge in [-0.1, -0.05) is 23.2 Å². The third kappa shape index (κ3) is 3.69. The second-order valence-electron chi connectivity index (χ2n) is 3.74. The molecule has 0 saturated carbocycles. The first-order valence-electron chi connectivity index (χ1n) is 5.18. The predicted octanol–water partition coefficient (Wildman–Crippen LogP) is 5.15. The smallest absolute Gasteiger partial charge is 0.256 e. The van der Waals surface area contributed by atoms with Crippen LogP contribution in [0.5, 0.6) is 0 Å². The predicted molar refractivity (Wildman–Crippen MR) is 78.5 cm³/mol. The van der Waals surface area contributed by atoms with Gasteiger partial charge in [-0.25, -0.2) is 4.39 Å². The molecule has 0 saturated heterocycles. The number of carbonyl (C=O) groups excluding carboxylic acids is 1. The van der Waals surface area contributed by atoms with Crippen LogP contribution in [0.2, 0.25) is 10.0 Å². The van der Waals surface area contributed by atoms with E-state index >= 15 is 0 Å². The first-order chi connectivity index (χ1) is 8.95. The number of halogens is 4. The van der Waals surface area contributed by atoms with E-state index < -0.39 is 5.82 Å². The second-order valence-corrected chi connectivity index (χ2v) is 5.46. The fraction of sp³-hybridized carbons (Fsp3) is 0. The zero-order chi connectivity index (χ0) is 14.0. The third-order valence-electron chi connectivity index (χ3n) is 2.30. The maximum Gasteiger partial charge on any atom is 0.256 e. The van der Waals surface area contributed by atoms with Crippen LogP contribution in [0, 0.1) is 5.82 Å². The number of nitrogens with one attached hydrogen (secondary N) is 1. The largest absolute Gasteiger partial charge is 0.322 e. The number of benzene rings is 2. The van der Waals surface area contributed by atoms with Crippen LogP contribution in [0.1, 0.15) is 10.4 Å². The summed E-state index contributed by atoms with van der Waals surface area (Å²) in [6.07, 6.45) is 0. The molecule has 0 radical (unpaired) electrons. The molecule has 98 valence electrons. The molecule has 2 aromatic carbocycles. The molecule has 0 bridgehead atoms. The highest BCUT2D eigenvalue weighted by Gasteiger charge is 2.11. The lowest BCUT2D eigenvalue weighted by Gasteiger charge is -2.08. The summed E-state index contributed by atoms with van der Waals surface area (Å²) >= 11 is 14.8. The second kappa shape index (κ2) is 5.90. The Hall–Kier alpha value is -1.10. The Balaban J connectivity index is 2.25. The van der Waals surface area contributed by atoms with E-state index in [-0.39, 0.29) is 5.91 Å². The van der Waals surface area contributed by atoms with Gasteiger partial charge in [0.1, 0.15) is 5.82 Å². The number of hydrogen-bond donors (Lipinski definition) is 1. The van der Waals surface area contributed by atoms with Gasteiger partial charge >= 0.3 is 0 Å². The van der Waals surface area contributed by atoms with Gasteiger partial charge in [0, 0.05) is 20.2 Å². The van der Waals surface area contributed by atoms with Crippen molar-refractivity contribution in [3.63, 3.8) is 0 Å². The van der Waals surface area contributed by atoms with Gasteiger partial charge in [-0.15, -0.1) is 0 Å². The highest BCUT2D eigenvalue weighted by Crippen LogP contribution is 2.24.